The predicted molar refractivity (Wildman–Crippen MR) is 66.6 cm³/mol. The summed E-state index contributed by atoms with van der Waals surface area (Å²) in [7, 11) is 0. The molecule has 0 atom stereocenters. The van der Waals surface area contributed by atoms with E-state index in [-0.39, 0.29) is 0 Å². The van der Waals surface area contributed by atoms with Crippen LogP contribution in [0.4, 0.5) is 0 Å². The summed E-state index contributed by atoms with van der Waals surface area (Å²) in [5.74, 6) is 1.98. The van der Waals surface area contributed by atoms with E-state index in [0.29, 0.717) is 0 Å². The molecule has 0 aromatic carbocycles. The molecule has 1 aliphatic carbocycles. The zero-order valence-electron chi connectivity index (χ0n) is 9.61. The van der Waals surface area contributed by atoms with E-state index in [4.69, 9.17) is 0 Å². The Bertz CT molecular complexity index is 270. The second kappa shape index (κ2) is 6.91. The molecule has 16 heavy (non-hydrogen) atoms. The normalized spacial score (nSPS) is 17.8. The van der Waals surface area contributed by atoms with Gasteiger partial charge in [0, 0.05) is 12.3 Å². The Balaban J connectivity index is 1.48. The van der Waals surface area contributed by atoms with Gasteiger partial charge in [-0.2, -0.15) is 5.10 Å². The number of nitrogens with zero attached hydrogens (tertiary/aromatic N) is 2. The van der Waals surface area contributed by atoms with Gasteiger partial charge in [-0.05, 0) is 25.3 Å². The van der Waals surface area contributed by atoms with E-state index >= 15 is 0 Å². The summed E-state index contributed by atoms with van der Waals surface area (Å²) < 4.78 is 0. The largest absolute Gasteiger partial charge is 0.316 e. The number of rotatable bonds is 6. The summed E-state index contributed by atoms with van der Waals surface area (Å²) in [6.07, 6.45) is 8.69. The standard InChI is InChI=1S/C11H20N4S/c1-2-4-10(5-3-1)8-12-6-7-16-11-13-9-14-15-11/h9-10,12H,1-8H2,(H,13,14,15). The van der Waals surface area contributed by atoms with Crippen LogP contribution in [0.1, 0.15) is 32.1 Å². The molecule has 2 rings (SSSR count). The molecule has 1 aromatic rings. The van der Waals surface area contributed by atoms with Crippen LogP contribution in [-0.4, -0.2) is 34.0 Å². The quantitative estimate of drug-likeness (QED) is 0.590. The number of nitrogens with one attached hydrogen (secondary N) is 2. The van der Waals surface area contributed by atoms with Crippen molar-refractivity contribution in [1.82, 2.24) is 20.5 Å². The minimum atomic E-state index is 0.916. The second-order valence-electron chi connectivity index (χ2n) is 4.35. The molecule has 2 N–H and O–H groups in total. The molecule has 1 fully saturated rings. The highest BCUT2D eigenvalue weighted by Crippen LogP contribution is 2.22. The summed E-state index contributed by atoms with van der Waals surface area (Å²) in [6, 6.07) is 0. The van der Waals surface area contributed by atoms with Crippen molar-refractivity contribution < 1.29 is 0 Å². The first-order valence-electron chi connectivity index (χ1n) is 6.14. The maximum atomic E-state index is 4.07. The van der Waals surface area contributed by atoms with Gasteiger partial charge >= 0.3 is 0 Å². The van der Waals surface area contributed by atoms with Gasteiger partial charge in [0.1, 0.15) is 6.33 Å². The Labute approximate surface area is 101 Å². The molecule has 1 aromatic heterocycles. The van der Waals surface area contributed by atoms with Crippen molar-refractivity contribution in [2.24, 2.45) is 5.92 Å². The zero-order chi connectivity index (χ0) is 11.1. The third kappa shape index (κ3) is 4.14. The lowest BCUT2D eigenvalue weighted by molar-refractivity contribution is 0.345. The van der Waals surface area contributed by atoms with Crippen molar-refractivity contribution in [2.75, 3.05) is 18.8 Å². The van der Waals surface area contributed by atoms with Crippen molar-refractivity contribution >= 4 is 11.8 Å². The van der Waals surface area contributed by atoms with E-state index in [1.165, 1.54) is 38.6 Å². The highest BCUT2D eigenvalue weighted by Gasteiger charge is 2.12. The highest BCUT2D eigenvalue weighted by molar-refractivity contribution is 7.99. The van der Waals surface area contributed by atoms with Crippen LogP contribution in [0.2, 0.25) is 0 Å². The molecule has 1 saturated carbocycles. The van der Waals surface area contributed by atoms with Crippen molar-refractivity contribution in [3.05, 3.63) is 6.33 Å². The van der Waals surface area contributed by atoms with Gasteiger partial charge in [0.15, 0.2) is 5.16 Å². The number of aromatic amines is 1. The van der Waals surface area contributed by atoms with E-state index in [0.717, 1.165) is 23.4 Å². The fourth-order valence-electron chi connectivity index (χ4n) is 2.18. The van der Waals surface area contributed by atoms with Crippen LogP contribution in [0.25, 0.3) is 0 Å². The molecule has 0 aliphatic heterocycles. The minimum Gasteiger partial charge on any atom is -0.316 e. The molecular formula is C11H20N4S. The van der Waals surface area contributed by atoms with Gasteiger partial charge in [-0.1, -0.05) is 31.0 Å². The van der Waals surface area contributed by atoms with Gasteiger partial charge in [-0.25, -0.2) is 4.98 Å². The second-order valence-corrected chi connectivity index (χ2v) is 5.43. The Morgan fingerprint density at radius 1 is 1.38 bits per heavy atom. The van der Waals surface area contributed by atoms with Crippen LogP contribution < -0.4 is 5.32 Å². The SMILES string of the molecule is c1n[nH]c(SCCNCC2CCCCC2)n1. The summed E-state index contributed by atoms with van der Waals surface area (Å²) in [4.78, 5) is 4.07. The van der Waals surface area contributed by atoms with Gasteiger partial charge in [0.2, 0.25) is 0 Å². The lowest BCUT2D eigenvalue weighted by Gasteiger charge is -2.21. The van der Waals surface area contributed by atoms with Crippen LogP contribution in [0.15, 0.2) is 11.5 Å². The van der Waals surface area contributed by atoms with Crippen LogP contribution >= 0.6 is 11.8 Å². The number of hydrogen-bond donors (Lipinski definition) is 2. The fourth-order valence-corrected chi connectivity index (χ4v) is 2.86. The number of hydrogen-bond acceptors (Lipinski definition) is 4. The first kappa shape index (κ1) is 11.9. The van der Waals surface area contributed by atoms with Crippen LogP contribution in [0.5, 0.6) is 0 Å². The molecule has 0 amide bonds. The van der Waals surface area contributed by atoms with Crippen molar-refractivity contribution in [2.45, 2.75) is 37.3 Å². The first-order chi connectivity index (χ1) is 7.95. The van der Waals surface area contributed by atoms with Crippen molar-refractivity contribution in [3.63, 3.8) is 0 Å². The zero-order valence-corrected chi connectivity index (χ0v) is 10.4. The van der Waals surface area contributed by atoms with E-state index in [1.807, 2.05) is 0 Å². The Hall–Kier alpha value is -0.550. The molecular weight excluding hydrogens is 220 g/mol. The summed E-state index contributed by atoms with van der Waals surface area (Å²) >= 11 is 1.72. The molecule has 4 nitrogen and oxygen atoms in total. The highest BCUT2D eigenvalue weighted by atomic mass is 32.2. The van der Waals surface area contributed by atoms with Gasteiger partial charge in [-0.15, -0.1) is 0 Å². The number of thioether (sulfide) groups is 1. The molecule has 0 bridgehead atoms. The maximum absolute atomic E-state index is 4.07. The van der Waals surface area contributed by atoms with Crippen molar-refractivity contribution in [1.29, 1.82) is 0 Å². The Kier molecular flexibility index (Phi) is 5.15. The van der Waals surface area contributed by atoms with E-state index in [2.05, 4.69) is 20.5 Å². The number of H-pyrrole nitrogens is 1. The minimum absolute atomic E-state index is 0.916. The molecule has 0 saturated heterocycles. The van der Waals surface area contributed by atoms with Crippen LogP contribution in [0, 0.1) is 5.92 Å². The predicted octanol–water partition coefficient (Wildman–Crippen LogP) is 2.07. The Morgan fingerprint density at radius 3 is 3.00 bits per heavy atom. The van der Waals surface area contributed by atoms with Gasteiger partial charge < -0.3 is 5.32 Å². The van der Waals surface area contributed by atoms with Gasteiger partial charge in [-0.3, -0.25) is 5.10 Å². The van der Waals surface area contributed by atoms with Gasteiger partial charge in [0.05, 0.1) is 0 Å². The average Bonchev–Trinajstić information content (AvgIpc) is 2.83. The van der Waals surface area contributed by atoms with E-state index in [1.54, 1.807) is 18.1 Å². The summed E-state index contributed by atoms with van der Waals surface area (Å²) in [6.45, 7) is 2.25. The summed E-state index contributed by atoms with van der Waals surface area (Å²) in [5, 5.41) is 11.1. The molecule has 90 valence electrons. The van der Waals surface area contributed by atoms with Crippen LogP contribution in [-0.2, 0) is 0 Å². The molecule has 1 heterocycles. The average molecular weight is 240 g/mol. The smallest absolute Gasteiger partial charge is 0.183 e. The topological polar surface area (TPSA) is 53.6 Å². The lowest BCUT2D eigenvalue weighted by atomic mass is 9.89. The first-order valence-corrected chi connectivity index (χ1v) is 7.12. The third-order valence-electron chi connectivity index (χ3n) is 3.07. The Morgan fingerprint density at radius 2 is 2.25 bits per heavy atom. The third-order valence-corrected chi connectivity index (χ3v) is 3.95. The monoisotopic (exact) mass is 240 g/mol. The van der Waals surface area contributed by atoms with Gasteiger partial charge in [0.25, 0.3) is 0 Å². The van der Waals surface area contributed by atoms with Crippen molar-refractivity contribution in [3.8, 4) is 0 Å². The molecule has 0 spiro atoms. The summed E-state index contributed by atoms with van der Waals surface area (Å²) in [5.41, 5.74) is 0. The molecule has 0 radical (unpaired) electrons. The number of aromatic nitrogens is 3. The lowest BCUT2D eigenvalue weighted by Crippen LogP contribution is -2.26. The fraction of sp³-hybridized carbons (Fsp3) is 0.818. The molecule has 5 heteroatoms. The van der Waals surface area contributed by atoms with E-state index < -0.39 is 0 Å². The van der Waals surface area contributed by atoms with E-state index in [9.17, 15) is 0 Å². The van der Waals surface area contributed by atoms with Crippen LogP contribution in [0.3, 0.4) is 0 Å². The molecule has 1 aliphatic rings. The maximum Gasteiger partial charge on any atom is 0.183 e. The molecule has 0 unspecified atom stereocenters.